The molecule has 2 rings (SSSR count). The maximum atomic E-state index is 5.76. The summed E-state index contributed by atoms with van der Waals surface area (Å²) in [6.07, 6.45) is 0. The molecule has 0 amide bonds. The molecule has 2 aromatic carbocycles. The molecule has 1 N–H and O–H groups in total. The third kappa shape index (κ3) is 4.02. The minimum absolute atomic E-state index is 0.662. The van der Waals surface area contributed by atoms with Crippen molar-refractivity contribution < 1.29 is 4.74 Å². The lowest BCUT2D eigenvalue weighted by Gasteiger charge is -2.11. The fourth-order valence-electron chi connectivity index (χ4n) is 2.24. The van der Waals surface area contributed by atoms with Crippen LogP contribution in [-0.4, -0.2) is 13.2 Å². The largest absolute Gasteiger partial charge is 0.492 e. The molecule has 0 atom stereocenters. The molecule has 0 saturated heterocycles. The molecule has 20 heavy (non-hydrogen) atoms. The first-order valence-corrected chi connectivity index (χ1v) is 7.07. The molecule has 0 spiro atoms. The Morgan fingerprint density at radius 1 is 0.850 bits per heavy atom. The van der Waals surface area contributed by atoms with Gasteiger partial charge in [0.1, 0.15) is 12.4 Å². The number of aryl methyl sites for hydroxylation is 4. The van der Waals surface area contributed by atoms with Gasteiger partial charge in [-0.25, -0.2) is 0 Å². The number of benzene rings is 2. The zero-order chi connectivity index (χ0) is 14.5. The van der Waals surface area contributed by atoms with Crippen LogP contribution in [0.5, 0.6) is 5.75 Å². The van der Waals surface area contributed by atoms with Crippen LogP contribution >= 0.6 is 0 Å². The number of hydrogen-bond donors (Lipinski definition) is 1. The Labute approximate surface area is 121 Å². The van der Waals surface area contributed by atoms with Gasteiger partial charge in [-0.1, -0.05) is 12.1 Å². The molecule has 2 heteroatoms. The predicted octanol–water partition coefficient (Wildman–Crippen LogP) is 4.41. The maximum Gasteiger partial charge on any atom is 0.119 e. The van der Waals surface area contributed by atoms with Gasteiger partial charge in [-0.2, -0.15) is 0 Å². The van der Waals surface area contributed by atoms with Gasteiger partial charge < -0.3 is 10.1 Å². The molecule has 0 aliphatic carbocycles. The van der Waals surface area contributed by atoms with Gasteiger partial charge in [0.15, 0.2) is 0 Å². The van der Waals surface area contributed by atoms with E-state index in [1.807, 2.05) is 6.07 Å². The van der Waals surface area contributed by atoms with Crippen LogP contribution in [0.15, 0.2) is 36.4 Å². The fourth-order valence-corrected chi connectivity index (χ4v) is 2.24. The predicted molar refractivity (Wildman–Crippen MR) is 85.8 cm³/mol. The number of anilines is 1. The molecule has 2 aromatic rings. The molecule has 0 bridgehead atoms. The maximum absolute atomic E-state index is 5.76. The smallest absolute Gasteiger partial charge is 0.119 e. The number of hydrogen-bond acceptors (Lipinski definition) is 2. The van der Waals surface area contributed by atoms with Crippen LogP contribution in [0.2, 0.25) is 0 Å². The first-order chi connectivity index (χ1) is 9.54. The van der Waals surface area contributed by atoms with Gasteiger partial charge in [0.05, 0.1) is 0 Å². The minimum atomic E-state index is 0.662. The number of rotatable bonds is 5. The zero-order valence-electron chi connectivity index (χ0n) is 12.8. The zero-order valence-corrected chi connectivity index (χ0v) is 12.8. The van der Waals surface area contributed by atoms with E-state index in [4.69, 9.17) is 4.74 Å². The summed E-state index contributed by atoms with van der Waals surface area (Å²) in [7, 11) is 0. The van der Waals surface area contributed by atoms with Crippen molar-refractivity contribution in [2.75, 3.05) is 18.5 Å². The second kappa shape index (κ2) is 6.47. The van der Waals surface area contributed by atoms with Gasteiger partial charge in [-0.15, -0.1) is 0 Å². The molecule has 2 nitrogen and oxygen atoms in total. The second-order valence-electron chi connectivity index (χ2n) is 5.40. The van der Waals surface area contributed by atoms with Crippen LogP contribution in [0.4, 0.5) is 5.69 Å². The van der Waals surface area contributed by atoms with Crippen molar-refractivity contribution in [3.8, 4) is 5.75 Å². The van der Waals surface area contributed by atoms with Gasteiger partial charge in [-0.05, 0) is 74.2 Å². The minimum Gasteiger partial charge on any atom is -0.492 e. The van der Waals surface area contributed by atoms with E-state index in [2.05, 4.69) is 63.3 Å². The van der Waals surface area contributed by atoms with Crippen molar-refractivity contribution in [2.24, 2.45) is 0 Å². The van der Waals surface area contributed by atoms with Crippen molar-refractivity contribution >= 4 is 5.69 Å². The highest BCUT2D eigenvalue weighted by atomic mass is 16.5. The van der Waals surface area contributed by atoms with Gasteiger partial charge in [-0.3, -0.25) is 0 Å². The molecule has 0 aliphatic heterocycles. The Hall–Kier alpha value is -1.96. The Morgan fingerprint density at radius 3 is 2.20 bits per heavy atom. The third-order valence-electron chi connectivity index (χ3n) is 3.40. The summed E-state index contributed by atoms with van der Waals surface area (Å²) in [5, 5.41) is 3.40. The average molecular weight is 269 g/mol. The van der Waals surface area contributed by atoms with Crippen molar-refractivity contribution in [1.82, 2.24) is 0 Å². The van der Waals surface area contributed by atoms with Crippen LogP contribution in [0.1, 0.15) is 22.3 Å². The van der Waals surface area contributed by atoms with Gasteiger partial charge in [0, 0.05) is 12.2 Å². The fraction of sp³-hybridized carbons (Fsp3) is 0.333. The Morgan fingerprint density at radius 2 is 1.55 bits per heavy atom. The summed E-state index contributed by atoms with van der Waals surface area (Å²) < 4.78 is 5.76. The van der Waals surface area contributed by atoms with E-state index < -0.39 is 0 Å². The third-order valence-corrected chi connectivity index (χ3v) is 3.40. The lowest BCUT2D eigenvalue weighted by Crippen LogP contribution is -2.11. The Kier molecular flexibility index (Phi) is 4.67. The van der Waals surface area contributed by atoms with E-state index in [9.17, 15) is 0 Å². The highest BCUT2D eigenvalue weighted by Gasteiger charge is 1.98. The van der Waals surface area contributed by atoms with Crippen LogP contribution < -0.4 is 10.1 Å². The van der Waals surface area contributed by atoms with E-state index in [0.717, 1.165) is 18.0 Å². The summed E-state index contributed by atoms with van der Waals surface area (Å²) in [6, 6.07) is 12.7. The van der Waals surface area contributed by atoms with Crippen molar-refractivity contribution in [2.45, 2.75) is 27.7 Å². The van der Waals surface area contributed by atoms with Crippen molar-refractivity contribution in [3.05, 3.63) is 58.7 Å². The van der Waals surface area contributed by atoms with Crippen molar-refractivity contribution in [3.63, 3.8) is 0 Å². The topological polar surface area (TPSA) is 21.3 Å². The lowest BCUT2D eigenvalue weighted by molar-refractivity contribution is 0.332. The standard InChI is InChI=1S/C18H23NO/c1-13-9-14(2)11-17(10-13)19-7-8-20-18-6-5-15(3)16(4)12-18/h5-6,9-12,19H,7-8H2,1-4H3. The Balaban J connectivity index is 1.82. The summed E-state index contributed by atoms with van der Waals surface area (Å²) in [5.74, 6) is 0.940. The molecule has 0 aromatic heterocycles. The average Bonchev–Trinajstić information content (AvgIpc) is 2.38. The number of ether oxygens (including phenoxy) is 1. The second-order valence-corrected chi connectivity index (χ2v) is 5.40. The molecule has 0 fully saturated rings. The molecule has 0 saturated carbocycles. The van der Waals surface area contributed by atoms with E-state index in [1.165, 1.54) is 22.3 Å². The van der Waals surface area contributed by atoms with E-state index in [0.29, 0.717) is 6.61 Å². The van der Waals surface area contributed by atoms with Crippen LogP contribution in [0.3, 0.4) is 0 Å². The molecular weight excluding hydrogens is 246 g/mol. The molecular formula is C18H23NO. The van der Waals surface area contributed by atoms with Crippen LogP contribution in [0.25, 0.3) is 0 Å². The summed E-state index contributed by atoms with van der Waals surface area (Å²) in [6.45, 7) is 9.91. The molecule has 0 radical (unpaired) electrons. The highest BCUT2D eigenvalue weighted by molar-refractivity contribution is 5.48. The van der Waals surface area contributed by atoms with Crippen LogP contribution in [0, 0.1) is 27.7 Å². The summed E-state index contributed by atoms with van der Waals surface area (Å²) in [5.41, 5.74) is 6.28. The van der Waals surface area contributed by atoms with E-state index in [-0.39, 0.29) is 0 Å². The first kappa shape index (κ1) is 14.4. The first-order valence-electron chi connectivity index (χ1n) is 7.07. The quantitative estimate of drug-likeness (QED) is 0.812. The van der Waals surface area contributed by atoms with Gasteiger partial charge in [0.2, 0.25) is 0 Å². The molecule has 106 valence electrons. The molecule has 0 aliphatic rings. The van der Waals surface area contributed by atoms with Gasteiger partial charge >= 0.3 is 0 Å². The number of nitrogens with one attached hydrogen (secondary N) is 1. The molecule has 0 heterocycles. The Bertz CT molecular complexity index is 570. The van der Waals surface area contributed by atoms with E-state index in [1.54, 1.807) is 0 Å². The van der Waals surface area contributed by atoms with E-state index >= 15 is 0 Å². The highest BCUT2D eigenvalue weighted by Crippen LogP contribution is 2.16. The SMILES string of the molecule is Cc1cc(C)cc(NCCOc2ccc(C)c(C)c2)c1. The summed E-state index contributed by atoms with van der Waals surface area (Å²) in [4.78, 5) is 0. The van der Waals surface area contributed by atoms with Gasteiger partial charge in [0.25, 0.3) is 0 Å². The van der Waals surface area contributed by atoms with Crippen LogP contribution in [-0.2, 0) is 0 Å². The molecule has 0 unspecified atom stereocenters. The summed E-state index contributed by atoms with van der Waals surface area (Å²) >= 11 is 0. The normalized spacial score (nSPS) is 10.4. The monoisotopic (exact) mass is 269 g/mol. The lowest BCUT2D eigenvalue weighted by atomic mass is 10.1. The van der Waals surface area contributed by atoms with Crippen molar-refractivity contribution in [1.29, 1.82) is 0 Å².